The minimum atomic E-state index is -0.311. The number of β-amino-alcohol motifs (C(OH)–C–C–N with tert-alkyl or cyclic N) is 1. The Morgan fingerprint density at radius 3 is 2.50 bits per heavy atom. The number of likely N-dealkylation sites (tertiary alicyclic amines) is 1. The molecule has 1 saturated heterocycles. The fraction of sp³-hybridized carbons (Fsp3) is 0.667. The Kier molecular flexibility index (Phi) is 6.68. The number of aliphatic hydroxyl groups is 1. The van der Waals surface area contributed by atoms with Crippen LogP contribution < -0.4 is 10.1 Å². The lowest BCUT2D eigenvalue weighted by Crippen LogP contribution is -2.42. The van der Waals surface area contributed by atoms with Crippen LogP contribution in [-0.2, 0) is 0 Å². The van der Waals surface area contributed by atoms with Gasteiger partial charge >= 0.3 is 0 Å². The van der Waals surface area contributed by atoms with Crippen LogP contribution >= 0.6 is 0 Å². The van der Waals surface area contributed by atoms with Crippen LogP contribution in [0, 0.1) is 5.92 Å². The maximum atomic E-state index is 10.2. The van der Waals surface area contributed by atoms with Crippen molar-refractivity contribution >= 4 is 0 Å². The predicted octanol–water partition coefficient (Wildman–Crippen LogP) is 2.44. The summed E-state index contributed by atoms with van der Waals surface area (Å²) < 4.78 is 5.17. The van der Waals surface area contributed by atoms with E-state index in [0.29, 0.717) is 6.54 Å². The van der Waals surface area contributed by atoms with Crippen molar-refractivity contribution < 1.29 is 9.84 Å². The molecule has 22 heavy (non-hydrogen) atoms. The Morgan fingerprint density at radius 2 is 1.91 bits per heavy atom. The van der Waals surface area contributed by atoms with Crippen LogP contribution in [0.1, 0.15) is 38.3 Å². The number of aliphatic hydroxyl groups excluding tert-OH is 1. The minimum Gasteiger partial charge on any atom is -0.497 e. The quantitative estimate of drug-likeness (QED) is 0.812. The molecule has 1 aromatic rings. The van der Waals surface area contributed by atoms with Gasteiger partial charge in [0.15, 0.2) is 0 Å². The van der Waals surface area contributed by atoms with Crippen molar-refractivity contribution in [3.63, 3.8) is 0 Å². The summed E-state index contributed by atoms with van der Waals surface area (Å²) in [6, 6.07) is 8.29. The molecule has 0 amide bonds. The van der Waals surface area contributed by atoms with Crippen molar-refractivity contribution in [1.29, 1.82) is 0 Å². The van der Waals surface area contributed by atoms with Gasteiger partial charge in [0.05, 0.1) is 13.2 Å². The fourth-order valence-electron chi connectivity index (χ4n) is 2.93. The van der Waals surface area contributed by atoms with Crippen LogP contribution in [0.5, 0.6) is 5.75 Å². The molecule has 0 aromatic heterocycles. The fourth-order valence-corrected chi connectivity index (χ4v) is 2.93. The molecule has 1 aliphatic heterocycles. The second kappa shape index (κ2) is 8.51. The molecule has 2 atom stereocenters. The average molecular weight is 306 g/mol. The van der Waals surface area contributed by atoms with Crippen LogP contribution in [0.15, 0.2) is 24.3 Å². The highest BCUT2D eigenvalue weighted by Gasteiger charge is 2.18. The van der Waals surface area contributed by atoms with E-state index in [1.807, 2.05) is 12.1 Å². The largest absolute Gasteiger partial charge is 0.497 e. The van der Waals surface area contributed by atoms with Gasteiger partial charge in [-0.25, -0.2) is 0 Å². The van der Waals surface area contributed by atoms with Gasteiger partial charge in [-0.1, -0.05) is 19.1 Å². The number of nitrogens with zero attached hydrogens (tertiary/aromatic N) is 1. The zero-order valence-corrected chi connectivity index (χ0v) is 14.1. The molecular weight excluding hydrogens is 276 g/mol. The normalized spacial score (nSPS) is 19.8. The van der Waals surface area contributed by atoms with E-state index >= 15 is 0 Å². The van der Waals surface area contributed by atoms with Crippen molar-refractivity contribution in [3.05, 3.63) is 29.8 Å². The number of ether oxygens (including phenoxy) is 1. The van der Waals surface area contributed by atoms with Gasteiger partial charge < -0.3 is 20.1 Å². The van der Waals surface area contributed by atoms with Gasteiger partial charge in [-0.3, -0.25) is 0 Å². The number of nitrogens with one attached hydrogen (secondary N) is 1. The van der Waals surface area contributed by atoms with Gasteiger partial charge in [-0.05, 0) is 56.5 Å². The van der Waals surface area contributed by atoms with Gasteiger partial charge in [0.1, 0.15) is 5.75 Å². The summed E-state index contributed by atoms with van der Waals surface area (Å²) >= 11 is 0. The van der Waals surface area contributed by atoms with Crippen LogP contribution in [0.4, 0.5) is 0 Å². The molecule has 4 heteroatoms. The summed E-state index contributed by atoms with van der Waals surface area (Å²) in [5.41, 5.74) is 1.21. The molecule has 2 rings (SSSR count). The lowest BCUT2D eigenvalue weighted by atomic mass is 9.99. The summed E-state index contributed by atoms with van der Waals surface area (Å²) in [5, 5.41) is 13.6. The third-order valence-corrected chi connectivity index (χ3v) is 4.62. The standard InChI is InChI=1S/C18H30N2O2/c1-14-8-10-20(11-9-14)13-17(21)12-19-15(2)16-4-6-18(22-3)7-5-16/h4-7,14-15,17,19,21H,8-13H2,1-3H3. The number of hydrogen-bond donors (Lipinski definition) is 2. The van der Waals surface area contributed by atoms with E-state index in [1.165, 1.54) is 18.4 Å². The lowest BCUT2D eigenvalue weighted by Gasteiger charge is -2.32. The van der Waals surface area contributed by atoms with Crippen molar-refractivity contribution in [3.8, 4) is 5.75 Å². The zero-order chi connectivity index (χ0) is 15.9. The lowest BCUT2D eigenvalue weighted by molar-refractivity contribution is 0.0892. The number of rotatable bonds is 7. The SMILES string of the molecule is COc1ccc(C(C)NCC(O)CN2CCC(C)CC2)cc1. The Labute approximate surface area is 134 Å². The third kappa shape index (κ3) is 5.27. The van der Waals surface area contributed by atoms with Crippen LogP contribution in [0.25, 0.3) is 0 Å². The van der Waals surface area contributed by atoms with Gasteiger partial charge in [-0.15, -0.1) is 0 Å². The maximum Gasteiger partial charge on any atom is 0.118 e. The number of methoxy groups -OCH3 is 1. The van der Waals surface area contributed by atoms with E-state index in [-0.39, 0.29) is 12.1 Å². The van der Waals surface area contributed by atoms with E-state index in [4.69, 9.17) is 4.74 Å². The molecule has 124 valence electrons. The first-order chi connectivity index (χ1) is 10.6. The molecule has 2 N–H and O–H groups in total. The topological polar surface area (TPSA) is 44.7 Å². The Bertz CT molecular complexity index is 427. The highest BCUT2D eigenvalue weighted by atomic mass is 16.5. The number of benzene rings is 1. The summed E-state index contributed by atoms with van der Waals surface area (Å²) in [6.45, 7) is 8.07. The summed E-state index contributed by atoms with van der Waals surface area (Å²) in [6.07, 6.45) is 2.19. The van der Waals surface area contributed by atoms with Crippen LogP contribution in [0.2, 0.25) is 0 Å². The molecule has 1 heterocycles. The van der Waals surface area contributed by atoms with Gasteiger partial charge in [0.25, 0.3) is 0 Å². The Morgan fingerprint density at radius 1 is 1.27 bits per heavy atom. The molecule has 0 aliphatic carbocycles. The Balaban J connectivity index is 1.71. The van der Waals surface area contributed by atoms with Crippen LogP contribution in [0.3, 0.4) is 0 Å². The number of hydrogen-bond acceptors (Lipinski definition) is 4. The highest BCUT2D eigenvalue weighted by molar-refractivity contribution is 5.28. The van der Waals surface area contributed by atoms with E-state index < -0.39 is 0 Å². The second-order valence-electron chi connectivity index (χ2n) is 6.54. The number of piperidine rings is 1. The molecule has 0 spiro atoms. The van der Waals surface area contributed by atoms with Crippen molar-refractivity contribution in [2.45, 2.75) is 38.8 Å². The molecule has 1 aromatic carbocycles. The Hall–Kier alpha value is -1.10. The summed E-state index contributed by atoms with van der Waals surface area (Å²) in [7, 11) is 1.67. The summed E-state index contributed by atoms with van der Waals surface area (Å²) in [5.74, 6) is 1.71. The molecule has 1 aliphatic rings. The third-order valence-electron chi connectivity index (χ3n) is 4.62. The minimum absolute atomic E-state index is 0.224. The van der Waals surface area contributed by atoms with E-state index in [0.717, 1.165) is 31.3 Å². The van der Waals surface area contributed by atoms with Gasteiger partial charge in [0, 0.05) is 19.1 Å². The molecule has 1 fully saturated rings. The van der Waals surface area contributed by atoms with Crippen molar-refractivity contribution in [2.24, 2.45) is 5.92 Å². The molecule has 0 radical (unpaired) electrons. The molecule has 0 bridgehead atoms. The van der Waals surface area contributed by atoms with E-state index in [9.17, 15) is 5.11 Å². The zero-order valence-electron chi connectivity index (χ0n) is 14.1. The second-order valence-corrected chi connectivity index (χ2v) is 6.54. The van der Waals surface area contributed by atoms with Crippen molar-refractivity contribution in [2.75, 3.05) is 33.3 Å². The summed E-state index contributed by atoms with van der Waals surface area (Å²) in [4.78, 5) is 2.38. The predicted molar refractivity (Wildman–Crippen MR) is 90.3 cm³/mol. The molecular formula is C18H30N2O2. The average Bonchev–Trinajstić information content (AvgIpc) is 2.55. The van der Waals surface area contributed by atoms with Crippen LogP contribution in [-0.4, -0.2) is 49.4 Å². The first-order valence-corrected chi connectivity index (χ1v) is 8.36. The van der Waals surface area contributed by atoms with Gasteiger partial charge in [0.2, 0.25) is 0 Å². The highest BCUT2D eigenvalue weighted by Crippen LogP contribution is 2.18. The molecule has 4 nitrogen and oxygen atoms in total. The molecule has 2 unspecified atom stereocenters. The monoisotopic (exact) mass is 306 g/mol. The first-order valence-electron chi connectivity index (χ1n) is 8.36. The van der Waals surface area contributed by atoms with E-state index in [1.54, 1.807) is 7.11 Å². The molecule has 0 saturated carbocycles. The smallest absolute Gasteiger partial charge is 0.118 e. The van der Waals surface area contributed by atoms with E-state index in [2.05, 4.69) is 36.2 Å². The first kappa shape index (κ1) is 17.3. The van der Waals surface area contributed by atoms with Crippen molar-refractivity contribution in [1.82, 2.24) is 10.2 Å². The maximum absolute atomic E-state index is 10.2. The van der Waals surface area contributed by atoms with Gasteiger partial charge in [-0.2, -0.15) is 0 Å².